The van der Waals surface area contributed by atoms with E-state index in [0.29, 0.717) is 0 Å². The number of nitrogens with zero attached hydrogens (tertiary/aromatic N) is 5. The predicted octanol–water partition coefficient (Wildman–Crippen LogP) is 3.08. The number of hydrogen-bond donors (Lipinski definition) is 0. The van der Waals surface area contributed by atoms with Gasteiger partial charge in [0, 0.05) is 85.0 Å². The predicted molar refractivity (Wildman–Crippen MR) is 183 cm³/mol. The number of halogens is 1. The SMILES string of the molecule is CC[N+](CC)(CC)CCCN1CCN(Cc2ccccc2)CCN(Cc2ccccc2)CCN(Cc2ccccc2)CC1.[Cl-]. The molecule has 44 heavy (non-hydrogen) atoms. The zero-order valence-electron chi connectivity index (χ0n) is 27.8. The van der Waals surface area contributed by atoms with Gasteiger partial charge in [-0.1, -0.05) is 91.0 Å². The van der Waals surface area contributed by atoms with Gasteiger partial charge in [0.1, 0.15) is 0 Å². The van der Waals surface area contributed by atoms with Gasteiger partial charge in [-0.15, -0.1) is 0 Å². The van der Waals surface area contributed by atoms with E-state index in [1.54, 1.807) is 0 Å². The molecule has 5 nitrogen and oxygen atoms in total. The van der Waals surface area contributed by atoms with Gasteiger partial charge in [-0.3, -0.25) is 14.7 Å². The highest BCUT2D eigenvalue weighted by Crippen LogP contribution is 2.13. The van der Waals surface area contributed by atoms with Crippen LogP contribution >= 0.6 is 0 Å². The molecular formula is C38H58ClN5. The molecule has 0 atom stereocenters. The lowest BCUT2D eigenvalue weighted by Crippen LogP contribution is -3.00. The van der Waals surface area contributed by atoms with Gasteiger partial charge < -0.3 is 21.8 Å². The Hall–Kier alpha value is -2.25. The lowest BCUT2D eigenvalue weighted by Gasteiger charge is -2.37. The Balaban J connectivity index is 0.00000529. The molecule has 0 radical (unpaired) electrons. The van der Waals surface area contributed by atoms with Gasteiger partial charge in [-0.25, -0.2) is 0 Å². The summed E-state index contributed by atoms with van der Waals surface area (Å²) in [5.41, 5.74) is 4.24. The molecule has 0 bridgehead atoms. The Bertz CT molecular complexity index is 1060. The van der Waals surface area contributed by atoms with Crippen molar-refractivity contribution in [3.8, 4) is 0 Å². The van der Waals surface area contributed by atoms with Crippen LogP contribution in [0.25, 0.3) is 0 Å². The largest absolute Gasteiger partial charge is 1.00 e. The fraction of sp³-hybridized carbons (Fsp3) is 0.526. The fourth-order valence-electron chi connectivity index (χ4n) is 6.58. The lowest BCUT2D eigenvalue weighted by molar-refractivity contribution is -0.923. The Morgan fingerprint density at radius 2 is 0.750 bits per heavy atom. The molecule has 3 aromatic rings. The monoisotopic (exact) mass is 619 g/mol. The zero-order valence-corrected chi connectivity index (χ0v) is 28.6. The molecule has 1 saturated heterocycles. The van der Waals surface area contributed by atoms with E-state index in [1.807, 2.05) is 0 Å². The highest BCUT2D eigenvalue weighted by molar-refractivity contribution is 5.16. The topological polar surface area (TPSA) is 13.0 Å². The van der Waals surface area contributed by atoms with Crippen LogP contribution in [0.4, 0.5) is 0 Å². The number of benzene rings is 3. The smallest absolute Gasteiger partial charge is 0.0798 e. The van der Waals surface area contributed by atoms with Crippen molar-refractivity contribution < 1.29 is 16.9 Å². The fourth-order valence-corrected chi connectivity index (χ4v) is 6.58. The van der Waals surface area contributed by atoms with Crippen LogP contribution in [0, 0.1) is 0 Å². The molecule has 1 aliphatic heterocycles. The van der Waals surface area contributed by atoms with Crippen molar-refractivity contribution in [3.05, 3.63) is 108 Å². The van der Waals surface area contributed by atoms with Crippen LogP contribution in [0.2, 0.25) is 0 Å². The molecule has 242 valence electrons. The quantitative estimate of drug-likeness (QED) is 0.273. The molecule has 1 heterocycles. The van der Waals surface area contributed by atoms with E-state index in [1.165, 1.54) is 60.3 Å². The minimum atomic E-state index is 0. The van der Waals surface area contributed by atoms with Crippen LogP contribution in [-0.2, 0) is 19.6 Å². The molecule has 0 aliphatic carbocycles. The number of rotatable bonds is 13. The summed E-state index contributed by atoms with van der Waals surface area (Å²) < 4.78 is 1.24. The van der Waals surface area contributed by atoms with Crippen molar-refractivity contribution in [1.82, 2.24) is 19.6 Å². The second-order valence-corrected chi connectivity index (χ2v) is 12.5. The molecule has 4 rings (SSSR count). The summed E-state index contributed by atoms with van der Waals surface area (Å²) in [6, 6.07) is 33.2. The zero-order chi connectivity index (χ0) is 30.2. The van der Waals surface area contributed by atoms with Gasteiger partial charge in [-0.2, -0.15) is 0 Å². The Labute approximate surface area is 275 Å². The molecule has 0 aromatic heterocycles. The maximum absolute atomic E-state index is 2.77. The molecule has 0 amide bonds. The number of hydrogen-bond acceptors (Lipinski definition) is 4. The van der Waals surface area contributed by atoms with Crippen molar-refractivity contribution in [2.45, 2.75) is 46.8 Å². The van der Waals surface area contributed by atoms with Crippen molar-refractivity contribution >= 4 is 0 Å². The van der Waals surface area contributed by atoms with Crippen molar-refractivity contribution in [3.63, 3.8) is 0 Å². The van der Waals surface area contributed by atoms with Crippen LogP contribution in [0.3, 0.4) is 0 Å². The molecule has 1 fully saturated rings. The van der Waals surface area contributed by atoms with E-state index in [2.05, 4.69) is 131 Å². The van der Waals surface area contributed by atoms with Crippen molar-refractivity contribution in [1.29, 1.82) is 0 Å². The highest BCUT2D eigenvalue weighted by atomic mass is 35.5. The maximum atomic E-state index is 2.77. The van der Waals surface area contributed by atoms with Crippen LogP contribution in [0.15, 0.2) is 91.0 Å². The molecule has 0 saturated carbocycles. The summed E-state index contributed by atoms with van der Waals surface area (Å²) in [5.74, 6) is 0. The lowest BCUT2D eigenvalue weighted by atomic mass is 10.2. The first-order valence-corrected chi connectivity index (χ1v) is 17.0. The average Bonchev–Trinajstić information content (AvgIpc) is 3.05. The molecule has 0 spiro atoms. The molecule has 1 aliphatic rings. The Morgan fingerprint density at radius 3 is 1.05 bits per heavy atom. The summed E-state index contributed by atoms with van der Waals surface area (Å²) in [6.07, 6.45) is 1.28. The van der Waals surface area contributed by atoms with Crippen LogP contribution < -0.4 is 12.4 Å². The van der Waals surface area contributed by atoms with Gasteiger partial charge in [0.25, 0.3) is 0 Å². The summed E-state index contributed by atoms with van der Waals surface area (Å²) in [6.45, 7) is 25.2. The van der Waals surface area contributed by atoms with Crippen LogP contribution in [0.1, 0.15) is 43.9 Å². The second kappa shape index (κ2) is 20.0. The third kappa shape index (κ3) is 12.3. The van der Waals surface area contributed by atoms with Crippen LogP contribution in [-0.4, -0.2) is 109 Å². The molecule has 0 N–H and O–H groups in total. The van der Waals surface area contributed by atoms with Gasteiger partial charge in [-0.05, 0) is 37.5 Å². The molecular weight excluding hydrogens is 562 g/mol. The molecule has 3 aromatic carbocycles. The van der Waals surface area contributed by atoms with Crippen molar-refractivity contribution in [2.75, 3.05) is 85.1 Å². The molecule has 0 unspecified atom stereocenters. The van der Waals surface area contributed by atoms with Crippen LogP contribution in [0.5, 0.6) is 0 Å². The first-order chi connectivity index (χ1) is 21.1. The van der Waals surface area contributed by atoms with E-state index in [9.17, 15) is 0 Å². The normalized spacial score (nSPS) is 17.0. The minimum absolute atomic E-state index is 0. The maximum Gasteiger partial charge on any atom is 0.0798 e. The summed E-state index contributed by atoms with van der Waals surface area (Å²) in [5, 5.41) is 0. The summed E-state index contributed by atoms with van der Waals surface area (Å²) in [4.78, 5) is 10.9. The van der Waals surface area contributed by atoms with E-state index in [-0.39, 0.29) is 12.4 Å². The summed E-state index contributed by atoms with van der Waals surface area (Å²) >= 11 is 0. The first kappa shape index (κ1) is 36.2. The Kier molecular flexibility index (Phi) is 16.5. The number of quaternary nitrogens is 1. The Morgan fingerprint density at radius 1 is 0.455 bits per heavy atom. The van der Waals surface area contributed by atoms with Gasteiger partial charge in [0.15, 0.2) is 0 Å². The summed E-state index contributed by atoms with van der Waals surface area (Å²) in [7, 11) is 0. The van der Waals surface area contributed by atoms with Gasteiger partial charge in [0.2, 0.25) is 0 Å². The first-order valence-electron chi connectivity index (χ1n) is 17.0. The van der Waals surface area contributed by atoms with E-state index >= 15 is 0 Å². The second-order valence-electron chi connectivity index (χ2n) is 12.5. The standard InChI is InChI=1S/C38H58N5.ClH/c1-4-43(5-2,6-3)32-16-23-39-24-26-40(33-36-17-10-7-11-18-36)28-30-42(35-38-21-14-9-15-22-38)31-29-41(27-25-39)34-37-19-12-8-13-20-37;/h7-15,17-22H,4-6,16,23-35H2,1-3H3;1H/q+1;/p-1. The highest BCUT2D eigenvalue weighted by Gasteiger charge is 2.22. The third-order valence-electron chi connectivity index (χ3n) is 9.80. The third-order valence-corrected chi connectivity index (χ3v) is 9.80. The van der Waals surface area contributed by atoms with Gasteiger partial charge in [0.05, 0.1) is 26.2 Å². The average molecular weight is 620 g/mol. The molecule has 6 heteroatoms. The van der Waals surface area contributed by atoms with Crippen molar-refractivity contribution in [2.24, 2.45) is 0 Å². The minimum Gasteiger partial charge on any atom is -1.00 e. The van der Waals surface area contributed by atoms with E-state index in [0.717, 1.165) is 72.0 Å². The van der Waals surface area contributed by atoms with E-state index in [4.69, 9.17) is 0 Å². The van der Waals surface area contributed by atoms with Gasteiger partial charge >= 0.3 is 0 Å². The van der Waals surface area contributed by atoms with E-state index < -0.39 is 0 Å².